The number of halogens is 1. The van der Waals surface area contributed by atoms with E-state index >= 15 is 0 Å². The summed E-state index contributed by atoms with van der Waals surface area (Å²) in [5.41, 5.74) is 1.22. The summed E-state index contributed by atoms with van der Waals surface area (Å²) < 4.78 is 6.85. The first-order valence-corrected chi connectivity index (χ1v) is 7.11. The zero-order chi connectivity index (χ0) is 12.7. The average molecular weight is 300 g/mol. The molecule has 1 N–H and O–H groups in total. The van der Waals surface area contributed by atoms with Crippen LogP contribution in [0.15, 0.2) is 22.7 Å². The molecule has 0 radical (unpaired) electrons. The summed E-state index contributed by atoms with van der Waals surface area (Å²) in [4.78, 5) is 0. The molecule has 0 spiro atoms. The molecule has 0 amide bonds. The van der Waals surface area contributed by atoms with Gasteiger partial charge in [-0.25, -0.2) is 0 Å². The van der Waals surface area contributed by atoms with Crippen molar-refractivity contribution in [3.8, 4) is 5.75 Å². The number of ether oxygens (including phenoxy) is 1. The number of nitrogens with one attached hydrogen (secondary N) is 1. The van der Waals surface area contributed by atoms with Gasteiger partial charge in [-0.1, -0.05) is 29.8 Å². The first-order chi connectivity index (χ1) is 8.17. The van der Waals surface area contributed by atoms with Crippen LogP contribution in [0.3, 0.4) is 0 Å². The fraction of sp³-hybridized carbons (Fsp3) is 0.571. The Hall–Kier alpha value is -0.540. The highest BCUT2D eigenvalue weighted by atomic mass is 79.9. The van der Waals surface area contributed by atoms with Gasteiger partial charge in [0.25, 0.3) is 0 Å². The SMILES string of the molecule is CCCOc1ccc(Br)cc1CN[C@H](C)CC. The van der Waals surface area contributed by atoms with Crippen molar-refractivity contribution in [3.63, 3.8) is 0 Å². The summed E-state index contributed by atoms with van der Waals surface area (Å²) >= 11 is 3.51. The van der Waals surface area contributed by atoms with Crippen LogP contribution in [0, 0.1) is 0 Å². The van der Waals surface area contributed by atoms with Gasteiger partial charge in [-0.15, -0.1) is 0 Å². The summed E-state index contributed by atoms with van der Waals surface area (Å²) in [7, 11) is 0. The lowest BCUT2D eigenvalue weighted by atomic mass is 10.2. The maximum atomic E-state index is 5.75. The Morgan fingerprint density at radius 2 is 2.12 bits per heavy atom. The maximum Gasteiger partial charge on any atom is 0.123 e. The summed E-state index contributed by atoms with van der Waals surface area (Å²) in [6.45, 7) is 8.14. The molecule has 3 heteroatoms. The lowest BCUT2D eigenvalue weighted by Crippen LogP contribution is -2.24. The van der Waals surface area contributed by atoms with E-state index in [2.05, 4.69) is 48.1 Å². The molecular formula is C14H22BrNO. The fourth-order valence-corrected chi connectivity index (χ4v) is 1.88. The fourth-order valence-electron chi connectivity index (χ4n) is 1.47. The number of hydrogen-bond donors (Lipinski definition) is 1. The molecule has 0 aliphatic rings. The second-order valence-corrected chi connectivity index (χ2v) is 5.21. The minimum atomic E-state index is 0.535. The summed E-state index contributed by atoms with van der Waals surface area (Å²) in [6.07, 6.45) is 2.17. The Balaban J connectivity index is 2.69. The lowest BCUT2D eigenvalue weighted by molar-refractivity contribution is 0.312. The van der Waals surface area contributed by atoms with Crippen LogP contribution in [0.4, 0.5) is 0 Å². The zero-order valence-corrected chi connectivity index (χ0v) is 12.5. The quantitative estimate of drug-likeness (QED) is 0.817. The van der Waals surface area contributed by atoms with Crippen LogP contribution in [0.2, 0.25) is 0 Å². The first kappa shape index (κ1) is 14.5. The summed E-state index contributed by atoms with van der Waals surface area (Å²) in [5.74, 6) is 0.992. The molecule has 1 rings (SSSR count). The summed E-state index contributed by atoms with van der Waals surface area (Å²) in [5, 5.41) is 3.49. The van der Waals surface area contributed by atoms with Crippen molar-refractivity contribution in [2.75, 3.05) is 6.61 Å². The molecule has 0 saturated heterocycles. The van der Waals surface area contributed by atoms with Gasteiger partial charge in [-0.2, -0.15) is 0 Å². The van der Waals surface area contributed by atoms with Crippen LogP contribution >= 0.6 is 15.9 Å². The second-order valence-electron chi connectivity index (χ2n) is 4.29. The van der Waals surface area contributed by atoms with Crippen molar-refractivity contribution < 1.29 is 4.74 Å². The van der Waals surface area contributed by atoms with Crippen molar-refractivity contribution in [3.05, 3.63) is 28.2 Å². The monoisotopic (exact) mass is 299 g/mol. The van der Waals surface area contributed by atoms with Crippen LogP contribution in [0.1, 0.15) is 39.2 Å². The van der Waals surface area contributed by atoms with Crippen LogP contribution in [-0.4, -0.2) is 12.6 Å². The van der Waals surface area contributed by atoms with E-state index in [1.54, 1.807) is 0 Å². The Morgan fingerprint density at radius 1 is 1.35 bits per heavy atom. The minimum Gasteiger partial charge on any atom is -0.493 e. The van der Waals surface area contributed by atoms with Crippen molar-refractivity contribution in [2.45, 2.75) is 46.2 Å². The molecule has 96 valence electrons. The van der Waals surface area contributed by atoms with Crippen molar-refractivity contribution in [2.24, 2.45) is 0 Å². The molecule has 1 aromatic rings. The van der Waals surface area contributed by atoms with Crippen molar-refractivity contribution in [1.29, 1.82) is 0 Å². The van der Waals surface area contributed by atoms with E-state index in [-0.39, 0.29) is 0 Å². The summed E-state index contributed by atoms with van der Waals surface area (Å²) in [6, 6.07) is 6.72. The highest BCUT2D eigenvalue weighted by Gasteiger charge is 2.06. The smallest absolute Gasteiger partial charge is 0.123 e. The van der Waals surface area contributed by atoms with E-state index in [9.17, 15) is 0 Å². The zero-order valence-electron chi connectivity index (χ0n) is 10.9. The molecule has 2 nitrogen and oxygen atoms in total. The predicted molar refractivity (Wildman–Crippen MR) is 76.5 cm³/mol. The molecule has 0 bridgehead atoms. The second kappa shape index (κ2) is 7.72. The molecule has 0 fully saturated rings. The van der Waals surface area contributed by atoms with E-state index in [1.165, 1.54) is 5.56 Å². The van der Waals surface area contributed by atoms with Gasteiger partial charge in [0, 0.05) is 22.6 Å². The topological polar surface area (TPSA) is 21.3 Å². The maximum absolute atomic E-state index is 5.75. The van der Waals surface area contributed by atoms with E-state index < -0.39 is 0 Å². The Kier molecular flexibility index (Phi) is 6.60. The first-order valence-electron chi connectivity index (χ1n) is 6.32. The van der Waals surface area contributed by atoms with Crippen LogP contribution in [-0.2, 0) is 6.54 Å². The normalized spacial score (nSPS) is 12.5. The molecule has 1 aromatic carbocycles. The highest BCUT2D eigenvalue weighted by Crippen LogP contribution is 2.23. The molecule has 17 heavy (non-hydrogen) atoms. The van der Waals surface area contributed by atoms with Gasteiger partial charge in [-0.05, 0) is 38.0 Å². The van der Waals surface area contributed by atoms with Gasteiger partial charge in [0.05, 0.1) is 6.61 Å². The molecule has 1 atom stereocenters. The third kappa shape index (κ3) is 5.09. The van der Waals surface area contributed by atoms with Crippen molar-refractivity contribution in [1.82, 2.24) is 5.32 Å². The molecular weight excluding hydrogens is 278 g/mol. The van der Waals surface area contributed by atoms with E-state index in [4.69, 9.17) is 4.74 Å². The molecule has 0 aliphatic heterocycles. The van der Waals surface area contributed by atoms with Crippen molar-refractivity contribution >= 4 is 15.9 Å². The predicted octanol–water partition coefficient (Wildman–Crippen LogP) is 4.13. The van der Waals surface area contributed by atoms with Gasteiger partial charge in [0.1, 0.15) is 5.75 Å². The number of benzene rings is 1. The highest BCUT2D eigenvalue weighted by molar-refractivity contribution is 9.10. The molecule has 0 aliphatic carbocycles. The van der Waals surface area contributed by atoms with Gasteiger partial charge >= 0.3 is 0 Å². The van der Waals surface area contributed by atoms with Gasteiger partial charge in [-0.3, -0.25) is 0 Å². The van der Waals surface area contributed by atoms with Gasteiger partial charge < -0.3 is 10.1 Å². The number of hydrogen-bond acceptors (Lipinski definition) is 2. The molecule has 0 aromatic heterocycles. The van der Waals surface area contributed by atoms with E-state index in [0.29, 0.717) is 6.04 Å². The number of rotatable bonds is 7. The Morgan fingerprint density at radius 3 is 2.76 bits per heavy atom. The Bertz CT molecular complexity index is 341. The van der Waals surface area contributed by atoms with Crippen LogP contribution < -0.4 is 10.1 Å². The molecule has 0 saturated carbocycles. The Labute approximate surface area is 113 Å². The largest absolute Gasteiger partial charge is 0.493 e. The van der Waals surface area contributed by atoms with Gasteiger partial charge in [0.2, 0.25) is 0 Å². The van der Waals surface area contributed by atoms with E-state index in [1.807, 2.05) is 12.1 Å². The lowest BCUT2D eigenvalue weighted by Gasteiger charge is -2.15. The van der Waals surface area contributed by atoms with Gasteiger partial charge in [0.15, 0.2) is 0 Å². The molecule has 0 heterocycles. The average Bonchev–Trinajstić information content (AvgIpc) is 2.34. The third-order valence-electron chi connectivity index (χ3n) is 2.74. The van der Waals surface area contributed by atoms with E-state index in [0.717, 1.165) is 36.2 Å². The standard InChI is InChI=1S/C14H22BrNO/c1-4-8-17-14-7-6-13(15)9-12(14)10-16-11(3)5-2/h6-7,9,11,16H,4-5,8,10H2,1-3H3/t11-/m1/s1. The third-order valence-corrected chi connectivity index (χ3v) is 3.23. The van der Waals surface area contributed by atoms with Crippen LogP contribution in [0.5, 0.6) is 5.75 Å². The molecule has 0 unspecified atom stereocenters. The minimum absolute atomic E-state index is 0.535. The van der Waals surface area contributed by atoms with Crippen LogP contribution in [0.25, 0.3) is 0 Å².